The van der Waals surface area contributed by atoms with E-state index in [9.17, 15) is 4.79 Å². The molecule has 0 unspecified atom stereocenters. The molecule has 0 spiro atoms. The smallest absolute Gasteiger partial charge is 0.304 e. The number of carbonyl (C=O) groups is 1. The van der Waals surface area contributed by atoms with Crippen LogP contribution in [0, 0.1) is 20.8 Å². The molecule has 5 rings (SSSR count). The topological polar surface area (TPSA) is 184 Å². The van der Waals surface area contributed by atoms with E-state index in [1.807, 2.05) is 18.2 Å². The maximum atomic E-state index is 11.1. The number of aromatic nitrogens is 2. The lowest BCUT2D eigenvalue weighted by molar-refractivity contribution is -0.137. The number of hydrogen-bond donors (Lipinski definition) is 6. The van der Waals surface area contributed by atoms with Gasteiger partial charge in [-0.3, -0.25) is 4.79 Å². The predicted molar refractivity (Wildman–Crippen MR) is 167 cm³/mol. The number of hydrogen-bond acceptors (Lipinski definition) is 11. The van der Waals surface area contributed by atoms with E-state index in [0.717, 1.165) is 58.6 Å². The number of aliphatic hydroxyl groups is 3. The largest absolute Gasteiger partial charge is 0.493 e. The molecule has 0 saturated carbocycles. The van der Waals surface area contributed by atoms with Gasteiger partial charge >= 0.3 is 5.97 Å². The summed E-state index contributed by atoms with van der Waals surface area (Å²) in [6.45, 7) is 9.15. The Hall–Kier alpha value is -3.81. The van der Waals surface area contributed by atoms with E-state index in [1.165, 1.54) is 11.1 Å². The molecule has 12 nitrogen and oxygen atoms in total. The Morgan fingerprint density at radius 3 is 2.30 bits per heavy atom. The van der Waals surface area contributed by atoms with Gasteiger partial charge in [-0.15, -0.1) is 0 Å². The van der Waals surface area contributed by atoms with Crippen molar-refractivity contribution in [2.24, 2.45) is 5.73 Å². The second-order valence-corrected chi connectivity index (χ2v) is 11.3. The van der Waals surface area contributed by atoms with Gasteiger partial charge in [-0.25, -0.2) is 9.97 Å². The number of nitrogens with one attached hydrogen (secondary N) is 1. The highest BCUT2D eigenvalue weighted by Gasteiger charge is 2.26. The zero-order valence-electron chi connectivity index (χ0n) is 25.5. The molecular formula is C32H43N5O7. The number of nitrogens with two attached hydrogens (primary N) is 1. The first-order chi connectivity index (χ1) is 21.1. The van der Waals surface area contributed by atoms with Crippen LogP contribution in [0.25, 0.3) is 11.1 Å². The van der Waals surface area contributed by atoms with E-state index in [0.29, 0.717) is 26.4 Å². The van der Waals surface area contributed by atoms with Gasteiger partial charge in [0, 0.05) is 48.4 Å². The molecule has 2 aromatic carbocycles. The number of aryl methyl sites for hydroxylation is 2. The third-order valence-corrected chi connectivity index (χ3v) is 8.01. The Morgan fingerprint density at radius 2 is 1.70 bits per heavy atom. The molecule has 0 radical (unpaired) electrons. The van der Waals surface area contributed by atoms with E-state index in [1.54, 1.807) is 0 Å². The van der Waals surface area contributed by atoms with Crippen molar-refractivity contribution in [1.82, 2.24) is 9.97 Å². The van der Waals surface area contributed by atoms with Crippen molar-refractivity contribution in [3.63, 3.8) is 0 Å². The van der Waals surface area contributed by atoms with Crippen LogP contribution in [0.3, 0.4) is 0 Å². The number of nitrogens with zero attached hydrogens (tertiary/aromatic N) is 3. The van der Waals surface area contributed by atoms with Gasteiger partial charge in [-0.05, 0) is 43.5 Å². The van der Waals surface area contributed by atoms with Crippen LogP contribution >= 0.6 is 0 Å². The van der Waals surface area contributed by atoms with Gasteiger partial charge in [0.1, 0.15) is 5.75 Å². The number of anilines is 2. The summed E-state index contributed by atoms with van der Waals surface area (Å²) in [5.41, 5.74) is 12.4. The number of carboxylic acid groups (broad SMARTS) is 1. The van der Waals surface area contributed by atoms with Gasteiger partial charge in [-0.1, -0.05) is 24.3 Å². The maximum absolute atomic E-state index is 11.1. The lowest BCUT2D eigenvalue weighted by atomic mass is 9.94. The number of aliphatic carboxylic acids is 1. The highest BCUT2D eigenvalue weighted by Crippen LogP contribution is 2.38. The van der Waals surface area contributed by atoms with Crippen molar-refractivity contribution in [3.8, 4) is 16.9 Å². The van der Waals surface area contributed by atoms with Crippen LogP contribution in [0.4, 0.5) is 11.6 Å². The number of rotatable bonds is 10. The molecular weight excluding hydrogens is 566 g/mol. The molecule has 44 heavy (non-hydrogen) atoms. The average Bonchev–Trinajstić information content (AvgIpc) is 3.42. The van der Waals surface area contributed by atoms with Crippen molar-refractivity contribution in [1.29, 1.82) is 0 Å². The molecule has 3 heterocycles. The van der Waals surface area contributed by atoms with Crippen molar-refractivity contribution in [2.75, 3.05) is 62.9 Å². The van der Waals surface area contributed by atoms with E-state index in [2.05, 4.69) is 49.2 Å². The van der Waals surface area contributed by atoms with E-state index >= 15 is 0 Å². The first-order valence-corrected chi connectivity index (χ1v) is 14.7. The summed E-state index contributed by atoms with van der Waals surface area (Å²) in [5, 5.41) is 37.6. The molecule has 2 aliphatic rings. The molecule has 1 fully saturated rings. The van der Waals surface area contributed by atoms with Crippen molar-refractivity contribution in [2.45, 2.75) is 45.2 Å². The molecule has 7 N–H and O–H groups in total. The molecule has 0 aliphatic carbocycles. The minimum absolute atomic E-state index is 0.0851. The second kappa shape index (κ2) is 14.8. The minimum Gasteiger partial charge on any atom is -0.493 e. The highest BCUT2D eigenvalue weighted by molar-refractivity contribution is 5.73. The highest BCUT2D eigenvalue weighted by atomic mass is 16.5. The molecule has 0 bridgehead atoms. The Bertz CT molecular complexity index is 1410. The molecule has 12 heteroatoms. The number of ether oxygens (including phenoxy) is 2. The summed E-state index contributed by atoms with van der Waals surface area (Å²) in [4.78, 5) is 23.0. The lowest BCUT2D eigenvalue weighted by Crippen LogP contribution is -2.50. The summed E-state index contributed by atoms with van der Waals surface area (Å²) in [6, 6.07) is 12.3. The number of morpholine rings is 1. The van der Waals surface area contributed by atoms with Gasteiger partial charge in [0.2, 0.25) is 5.95 Å². The Kier molecular flexibility index (Phi) is 11.1. The fourth-order valence-electron chi connectivity index (χ4n) is 5.25. The SMILES string of the molecule is Cc1nc(N2CCOCC2)nc(C)c1-c1cccc(CNc2ccc3c(c2)OC[C@H]3CC(=O)O)c1C.NC(CO)(CO)CO. The average molecular weight is 610 g/mol. The Morgan fingerprint density at radius 1 is 1.05 bits per heavy atom. The summed E-state index contributed by atoms with van der Waals surface area (Å²) in [7, 11) is 0. The Labute approximate surface area is 257 Å². The van der Waals surface area contributed by atoms with Gasteiger partial charge < -0.3 is 45.9 Å². The van der Waals surface area contributed by atoms with Gasteiger partial charge in [-0.2, -0.15) is 0 Å². The number of fused-ring (bicyclic) bond motifs is 1. The molecule has 238 valence electrons. The molecule has 1 atom stereocenters. The van der Waals surface area contributed by atoms with Crippen LogP contribution in [-0.4, -0.2) is 94.6 Å². The minimum atomic E-state index is -1.21. The fraction of sp³-hybridized carbons (Fsp3) is 0.469. The zero-order chi connectivity index (χ0) is 31.9. The maximum Gasteiger partial charge on any atom is 0.304 e. The van der Waals surface area contributed by atoms with E-state index < -0.39 is 31.3 Å². The normalized spacial score (nSPS) is 16.1. The predicted octanol–water partition coefficient (Wildman–Crippen LogP) is 2.13. The summed E-state index contributed by atoms with van der Waals surface area (Å²) >= 11 is 0. The van der Waals surface area contributed by atoms with Crippen LogP contribution in [0.1, 0.15) is 40.4 Å². The van der Waals surface area contributed by atoms with Crippen LogP contribution in [-0.2, 0) is 16.1 Å². The van der Waals surface area contributed by atoms with Crippen molar-refractivity contribution >= 4 is 17.6 Å². The summed E-state index contributed by atoms with van der Waals surface area (Å²) < 4.78 is 11.2. The van der Waals surface area contributed by atoms with Crippen LogP contribution < -0.4 is 20.7 Å². The van der Waals surface area contributed by atoms with Crippen LogP contribution in [0.5, 0.6) is 5.75 Å². The van der Waals surface area contributed by atoms with Gasteiger partial charge in [0.25, 0.3) is 0 Å². The standard InChI is InChI=1S/C28H32N4O4.C4H11NO3/c1-17-20(15-29-22-7-8-24-21(13-26(33)34)16-36-25(24)14-22)5-4-6-23(17)27-18(2)30-28(31-19(27)3)32-9-11-35-12-10-32;5-4(1-6,2-7)3-8/h4-8,14,21,29H,9-13,15-16H2,1-3H3,(H,33,34);6-8H,1-3,5H2/t21-;/m1./s1. The van der Waals surface area contributed by atoms with Crippen molar-refractivity contribution in [3.05, 3.63) is 64.5 Å². The molecule has 2 aliphatic heterocycles. The quantitative estimate of drug-likeness (QED) is 0.197. The summed E-state index contributed by atoms with van der Waals surface area (Å²) in [5.74, 6) is 0.645. The van der Waals surface area contributed by atoms with Crippen LogP contribution in [0.15, 0.2) is 36.4 Å². The lowest BCUT2D eigenvalue weighted by Gasteiger charge is -2.27. The molecule has 0 amide bonds. The third kappa shape index (κ3) is 7.82. The summed E-state index contributed by atoms with van der Waals surface area (Å²) in [6.07, 6.45) is 0.0851. The first-order valence-electron chi connectivity index (χ1n) is 14.7. The Balaban J connectivity index is 0.000000488. The molecule has 1 saturated heterocycles. The third-order valence-electron chi connectivity index (χ3n) is 8.01. The van der Waals surface area contributed by atoms with Crippen molar-refractivity contribution < 1.29 is 34.7 Å². The number of benzene rings is 2. The van der Waals surface area contributed by atoms with E-state index in [-0.39, 0.29) is 12.3 Å². The monoisotopic (exact) mass is 609 g/mol. The zero-order valence-corrected chi connectivity index (χ0v) is 25.5. The fourth-order valence-corrected chi connectivity index (χ4v) is 5.25. The molecule has 1 aromatic heterocycles. The molecule has 3 aromatic rings. The van der Waals surface area contributed by atoms with Gasteiger partial charge in [0.15, 0.2) is 0 Å². The van der Waals surface area contributed by atoms with E-state index in [4.69, 9.17) is 45.6 Å². The number of carboxylic acids is 1. The van der Waals surface area contributed by atoms with Crippen LogP contribution in [0.2, 0.25) is 0 Å². The first kappa shape index (κ1) is 33.1. The van der Waals surface area contributed by atoms with Gasteiger partial charge in [0.05, 0.1) is 63.0 Å². The number of aliphatic hydroxyl groups excluding tert-OH is 3. The second-order valence-electron chi connectivity index (χ2n) is 11.3.